The molecule has 0 unspecified atom stereocenters. The summed E-state index contributed by atoms with van der Waals surface area (Å²) in [6, 6.07) is 7.53. The summed E-state index contributed by atoms with van der Waals surface area (Å²) in [7, 11) is 0. The van der Waals surface area contributed by atoms with Crippen molar-refractivity contribution >= 4 is 22.6 Å². The lowest BCUT2D eigenvalue weighted by molar-refractivity contribution is 0.843. The summed E-state index contributed by atoms with van der Waals surface area (Å²) in [6.45, 7) is 0. The maximum atomic E-state index is 8.79. The van der Waals surface area contributed by atoms with Crippen molar-refractivity contribution in [1.82, 2.24) is 14.8 Å². The zero-order valence-electron chi connectivity index (χ0n) is 7.05. The van der Waals surface area contributed by atoms with E-state index >= 15 is 0 Å². The largest absolute Gasteiger partial charge is 0.223 e. The van der Waals surface area contributed by atoms with Crippen LogP contribution in [0.25, 0.3) is 5.82 Å². The Morgan fingerprint density at radius 3 is 2.93 bits per heavy atom. The monoisotopic (exact) mass is 296 g/mol. The number of nitriles is 1. The molecule has 2 rings (SSSR count). The normalized spacial score (nSPS) is 9.71. The Morgan fingerprint density at radius 2 is 2.29 bits per heavy atom. The number of nitrogens with zero attached hydrogens (tertiary/aromatic N) is 4. The third-order valence-corrected chi connectivity index (χ3v) is 2.55. The molecule has 0 atom stereocenters. The Balaban J connectivity index is 2.53. The molecule has 4 nitrogen and oxygen atoms in total. The molecule has 0 fully saturated rings. The molecule has 0 saturated heterocycles. The first-order valence-electron chi connectivity index (χ1n) is 3.88. The van der Waals surface area contributed by atoms with Gasteiger partial charge in [0, 0.05) is 16.0 Å². The molecule has 0 aromatic carbocycles. The van der Waals surface area contributed by atoms with E-state index < -0.39 is 0 Å². The van der Waals surface area contributed by atoms with Crippen LogP contribution < -0.4 is 0 Å². The minimum atomic E-state index is 0.429. The van der Waals surface area contributed by atoms with Gasteiger partial charge in [-0.05, 0) is 40.8 Å². The van der Waals surface area contributed by atoms with E-state index in [4.69, 9.17) is 5.26 Å². The van der Waals surface area contributed by atoms with E-state index in [0.29, 0.717) is 11.5 Å². The summed E-state index contributed by atoms with van der Waals surface area (Å²) < 4.78 is 2.47. The molecular weight excluding hydrogens is 291 g/mol. The first-order valence-corrected chi connectivity index (χ1v) is 4.96. The zero-order chi connectivity index (χ0) is 9.97. The summed E-state index contributed by atoms with van der Waals surface area (Å²) >= 11 is 2.08. The molecule has 2 aromatic heterocycles. The summed E-state index contributed by atoms with van der Waals surface area (Å²) in [4.78, 5) is 4.17. The quantitative estimate of drug-likeness (QED) is 0.753. The van der Waals surface area contributed by atoms with Crippen molar-refractivity contribution in [3.63, 3.8) is 0 Å². The van der Waals surface area contributed by atoms with Crippen LogP contribution in [-0.2, 0) is 0 Å². The highest BCUT2D eigenvalue weighted by atomic mass is 127. The Kier molecular flexibility index (Phi) is 2.45. The van der Waals surface area contributed by atoms with Gasteiger partial charge in [0.2, 0.25) is 0 Å². The Morgan fingerprint density at radius 1 is 1.43 bits per heavy atom. The lowest BCUT2D eigenvalue weighted by atomic mass is 10.4. The molecule has 0 aliphatic carbocycles. The molecule has 0 aliphatic heterocycles. The first-order chi connectivity index (χ1) is 6.81. The van der Waals surface area contributed by atoms with E-state index in [-0.39, 0.29) is 0 Å². The molecule has 0 saturated carbocycles. The molecule has 5 heteroatoms. The van der Waals surface area contributed by atoms with Crippen LogP contribution in [-0.4, -0.2) is 14.8 Å². The zero-order valence-corrected chi connectivity index (χ0v) is 9.21. The molecule has 0 bridgehead atoms. The van der Waals surface area contributed by atoms with Gasteiger partial charge in [-0.15, -0.1) is 0 Å². The molecular formula is C9H5IN4. The maximum absolute atomic E-state index is 8.79. The fraction of sp³-hybridized carbons (Fsp3) is 0. The SMILES string of the molecule is N#Cc1nc(-n2cccn2)ccc1I. The van der Waals surface area contributed by atoms with Crippen molar-refractivity contribution in [2.75, 3.05) is 0 Å². The molecule has 0 amide bonds. The molecule has 0 aliphatic rings. The topological polar surface area (TPSA) is 54.5 Å². The third-order valence-electron chi connectivity index (χ3n) is 1.68. The predicted octanol–water partition coefficient (Wildman–Crippen LogP) is 1.74. The van der Waals surface area contributed by atoms with Gasteiger partial charge < -0.3 is 0 Å². The average molecular weight is 296 g/mol. The van der Waals surface area contributed by atoms with Gasteiger partial charge in [-0.1, -0.05) is 0 Å². The van der Waals surface area contributed by atoms with Crippen LogP contribution >= 0.6 is 22.6 Å². The second kappa shape index (κ2) is 3.75. The van der Waals surface area contributed by atoms with Crippen molar-refractivity contribution < 1.29 is 0 Å². The van der Waals surface area contributed by atoms with E-state index in [2.05, 4.69) is 32.7 Å². The van der Waals surface area contributed by atoms with Gasteiger partial charge in [0.25, 0.3) is 0 Å². The van der Waals surface area contributed by atoms with Crippen LogP contribution in [0.3, 0.4) is 0 Å². The maximum Gasteiger partial charge on any atom is 0.156 e. The van der Waals surface area contributed by atoms with Gasteiger partial charge in [0.05, 0.1) is 0 Å². The fourth-order valence-electron chi connectivity index (χ4n) is 1.04. The molecule has 0 spiro atoms. The van der Waals surface area contributed by atoms with Crippen LogP contribution in [0.15, 0.2) is 30.6 Å². The Bertz CT molecular complexity index is 484. The molecule has 2 heterocycles. The minimum absolute atomic E-state index is 0.429. The number of hydrogen-bond donors (Lipinski definition) is 0. The number of aromatic nitrogens is 3. The highest BCUT2D eigenvalue weighted by molar-refractivity contribution is 14.1. The van der Waals surface area contributed by atoms with Crippen LogP contribution in [0, 0.1) is 14.9 Å². The standard InChI is InChI=1S/C9H5IN4/c10-7-2-3-9(13-8(7)6-11)14-5-1-4-12-14/h1-5H. The molecule has 68 valence electrons. The van der Waals surface area contributed by atoms with Gasteiger partial charge >= 0.3 is 0 Å². The molecule has 0 radical (unpaired) electrons. The van der Waals surface area contributed by atoms with Crippen molar-refractivity contribution in [1.29, 1.82) is 5.26 Å². The van der Waals surface area contributed by atoms with Gasteiger partial charge in [-0.2, -0.15) is 10.4 Å². The van der Waals surface area contributed by atoms with Crippen LogP contribution in [0.2, 0.25) is 0 Å². The number of rotatable bonds is 1. The second-order valence-corrected chi connectivity index (χ2v) is 3.72. The second-order valence-electron chi connectivity index (χ2n) is 2.56. The highest BCUT2D eigenvalue weighted by Gasteiger charge is 2.03. The highest BCUT2D eigenvalue weighted by Crippen LogP contribution is 2.11. The predicted molar refractivity (Wildman–Crippen MR) is 58.8 cm³/mol. The Labute approximate surface area is 94.3 Å². The van der Waals surface area contributed by atoms with E-state index in [1.54, 1.807) is 17.1 Å². The smallest absolute Gasteiger partial charge is 0.156 e. The lowest BCUT2D eigenvalue weighted by Crippen LogP contribution is -2.00. The molecule has 0 N–H and O–H groups in total. The summed E-state index contributed by atoms with van der Waals surface area (Å²) in [5, 5.41) is 12.8. The van der Waals surface area contributed by atoms with E-state index in [0.717, 1.165) is 3.57 Å². The average Bonchev–Trinajstić information content (AvgIpc) is 2.71. The van der Waals surface area contributed by atoms with Crippen molar-refractivity contribution in [2.45, 2.75) is 0 Å². The van der Waals surface area contributed by atoms with Gasteiger partial charge in [-0.25, -0.2) is 9.67 Å². The fourth-order valence-corrected chi connectivity index (χ4v) is 1.46. The summed E-state index contributed by atoms with van der Waals surface area (Å²) in [6.07, 6.45) is 3.46. The van der Waals surface area contributed by atoms with Crippen molar-refractivity contribution in [3.8, 4) is 11.9 Å². The van der Waals surface area contributed by atoms with Gasteiger partial charge in [-0.3, -0.25) is 0 Å². The number of hydrogen-bond acceptors (Lipinski definition) is 3. The lowest BCUT2D eigenvalue weighted by Gasteiger charge is -2.00. The van der Waals surface area contributed by atoms with E-state index in [1.165, 1.54) is 0 Å². The van der Waals surface area contributed by atoms with Crippen molar-refractivity contribution in [2.24, 2.45) is 0 Å². The molecule has 2 aromatic rings. The summed E-state index contributed by atoms with van der Waals surface area (Å²) in [5.74, 6) is 0.659. The Hall–Kier alpha value is -1.42. The van der Waals surface area contributed by atoms with Crippen LogP contribution in [0.4, 0.5) is 0 Å². The van der Waals surface area contributed by atoms with E-state index in [1.807, 2.05) is 24.3 Å². The molecule has 14 heavy (non-hydrogen) atoms. The third kappa shape index (κ3) is 1.61. The number of pyridine rings is 1. The van der Waals surface area contributed by atoms with Crippen LogP contribution in [0.1, 0.15) is 5.69 Å². The van der Waals surface area contributed by atoms with E-state index in [9.17, 15) is 0 Å². The van der Waals surface area contributed by atoms with Gasteiger partial charge in [0.15, 0.2) is 11.5 Å². The first kappa shape index (κ1) is 9.15. The van der Waals surface area contributed by atoms with Crippen molar-refractivity contribution in [3.05, 3.63) is 39.9 Å². The van der Waals surface area contributed by atoms with Gasteiger partial charge in [0.1, 0.15) is 6.07 Å². The minimum Gasteiger partial charge on any atom is -0.223 e. The number of halogens is 1. The van der Waals surface area contributed by atoms with Crippen LogP contribution in [0.5, 0.6) is 0 Å². The summed E-state index contributed by atoms with van der Waals surface area (Å²) in [5.41, 5.74) is 0.429.